The second-order valence-corrected chi connectivity index (χ2v) is 5.10. The van der Waals surface area contributed by atoms with Crippen LogP contribution in [0, 0.1) is 6.92 Å². The molecule has 6 heteroatoms. The van der Waals surface area contributed by atoms with Crippen LogP contribution in [0.15, 0.2) is 22.6 Å². The second kappa shape index (κ2) is 5.55. The lowest BCUT2D eigenvalue weighted by Gasteiger charge is -2.13. The number of hydrogen-bond donors (Lipinski definition) is 1. The third-order valence-electron chi connectivity index (χ3n) is 3.43. The number of ether oxygens (including phenoxy) is 1. The first-order valence-corrected chi connectivity index (χ1v) is 7.01. The molecule has 110 valence electrons. The molecule has 1 N–H and O–H groups in total. The first kappa shape index (κ1) is 13.6. The first-order valence-electron chi connectivity index (χ1n) is 7.01. The number of fused-ring (bicyclic) bond motifs is 1. The van der Waals surface area contributed by atoms with Crippen molar-refractivity contribution in [1.82, 2.24) is 15.5 Å². The van der Waals surface area contributed by atoms with Crippen LogP contribution in [0.5, 0.6) is 5.75 Å². The van der Waals surface area contributed by atoms with Gasteiger partial charge in [-0.1, -0.05) is 0 Å². The summed E-state index contributed by atoms with van der Waals surface area (Å²) in [5.74, 6) is 1.64. The summed E-state index contributed by atoms with van der Waals surface area (Å²) in [6.07, 6.45) is 1.46. The molecule has 0 bridgehead atoms. The molecule has 0 saturated heterocycles. The number of carbonyl (C=O) groups excluding carboxylic acids is 1. The number of hydrogen-bond acceptors (Lipinski definition) is 5. The van der Waals surface area contributed by atoms with Crippen molar-refractivity contribution in [1.29, 1.82) is 0 Å². The van der Waals surface area contributed by atoms with Crippen molar-refractivity contribution in [2.45, 2.75) is 32.8 Å². The van der Waals surface area contributed by atoms with Crippen molar-refractivity contribution in [2.75, 3.05) is 6.54 Å². The lowest BCUT2D eigenvalue weighted by molar-refractivity contribution is 0.0956. The molecule has 1 aliphatic rings. The van der Waals surface area contributed by atoms with E-state index < -0.39 is 0 Å². The van der Waals surface area contributed by atoms with Crippen LogP contribution in [-0.2, 0) is 6.42 Å². The Kier molecular flexibility index (Phi) is 3.60. The van der Waals surface area contributed by atoms with Crippen LogP contribution in [0.3, 0.4) is 0 Å². The third-order valence-corrected chi connectivity index (χ3v) is 3.43. The van der Waals surface area contributed by atoms with E-state index in [1.54, 1.807) is 19.1 Å². The highest BCUT2D eigenvalue weighted by Crippen LogP contribution is 2.25. The highest BCUT2D eigenvalue weighted by Gasteiger charge is 2.18. The Hall–Kier alpha value is -2.37. The van der Waals surface area contributed by atoms with Gasteiger partial charge in [-0.2, -0.15) is 0 Å². The molecule has 2 heterocycles. The highest BCUT2D eigenvalue weighted by atomic mass is 16.5. The Balaban J connectivity index is 1.80. The lowest BCUT2D eigenvalue weighted by Crippen LogP contribution is -2.22. The van der Waals surface area contributed by atoms with Crippen LogP contribution in [0.1, 0.15) is 47.2 Å². The smallest absolute Gasteiger partial charge is 0.256 e. The number of amides is 1. The van der Waals surface area contributed by atoms with Gasteiger partial charge in [0.2, 0.25) is 5.89 Å². The molecule has 1 aromatic heterocycles. The normalized spacial score (nSPS) is 15.8. The summed E-state index contributed by atoms with van der Waals surface area (Å²) in [4.78, 5) is 11.9. The predicted molar refractivity (Wildman–Crippen MR) is 75.2 cm³/mol. The van der Waals surface area contributed by atoms with Gasteiger partial charge in [-0.15, -0.1) is 10.2 Å². The van der Waals surface area contributed by atoms with Crippen molar-refractivity contribution < 1.29 is 13.9 Å². The van der Waals surface area contributed by atoms with Gasteiger partial charge >= 0.3 is 0 Å². The zero-order valence-electron chi connectivity index (χ0n) is 12.0. The SMILES string of the molecule is Cc1nnc([C@H](C)Oc2ccc3c(c2)CCCNC3=O)o1. The molecular weight excluding hydrogens is 270 g/mol. The van der Waals surface area contributed by atoms with E-state index in [-0.39, 0.29) is 12.0 Å². The van der Waals surface area contributed by atoms with Crippen molar-refractivity contribution >= 4 is 5.91 Å². The molecule has 1 aromatic carbocycles. The van der Waals surface area contributed by atoms with Gasteiger partial charge in [0.05, 0.1) is 0 Å². The average molecular weight is 287 g/mol. The minimum Gasteiger partial charge on any atom is -0.481 e. The van der Waals surface area contributed by atoms with Crippen molar-refractivity contribution in [3.8, 4) is 5.75 Å². The van der Waals surface area contributed by atoms with Gasteiger partial charge in [0, 0.05) is 19.0 Å². The molecule has 0 spiro atoms. The van der Waals surface area contributed by atoms with E-state index in [0.717, 1.165) is 24.0 Å². The Bertz CT molecular complexity index is 666. The summed E-state index contributed by atoms with van der Waals surface area (Å²) in [5, 5.41) is 10.6. The van der Waals surface area contributed by atoms with Crippen LogP contribution in [0.2, 0.25) is 0 Å². The second-order valence-electron chi connectivity index (χ2n) is 5.10. The van der Waals surface area contributed by atoms with Gasteiger partial charge in [-0.05, 0) is 43.5 Å². The van der Waals surface area contributed by atoms with Crippen molar-refractivity contribution in [2.24, 2.45) is 0 Å². The number of benzene rings is 1. The molecule has 0 aliphatic carbocycles. The van der Waals surface area contributed by atoms with E-state index in [9.17, 15) is 4.79 Å². The number of nitrogens with one attached hydrogen (secondary N) is 1. The minimum atomic E-state index is -0.330. The van der Waals surface area contributed by atoms with Gasteiger partial charge in [-0.3, -0.25) is 4.79 Å². The Morgan fingerprint density at radius 3 is 3.00 bits per heavy atom. The van der Waals surface area contributed by atoms with Crippen LogP contribution >= 0.6 is 0 Å². The largest absolute Gasteiger partial charge is 0.481 e. The molecule has 21 heavy (non-hydrogen) atoms. The maximum Gasteiger partial charge on any atom is 0.256 e. The average Bonchev–Trinajstić information content (AvgIpc) is 2.82. The molecule has 0 unspecified atom stereocenters. The number of aromatic nitrogens is 2. The summed E-state index contributed by atoms with van der Waals surface area (Å²) in [5.41, 5.74) is 1.73. The van der Waals surface area contributed by atoms with E-state index in [1.165, 1.54) is 0 Å². The zero-order chi connectivity index (χ0) is 14.8. The summed E-state index contributed by atoms with van der Waals surface area (Å²) < 4.78 is 11.2. The summed E-state index contributed by atoms with van der Waals surface area (Å²) >= 11 is 0. The molecule has 2 aromatic rings. The fourth-order valence-corrected chi connectivity index (χ4v) is 2.38. The van der Waals surface area contributed by atoms with E-state index in [4.69, 9.17) is 9.15 Å². The maximum atomic E-state index is 11.9. The fraction of sp³-hybridized carbons (Fsp3) is 0.400. The molecular formula is C15H17N3O3. The molecule has 0 saturated carbocycles. The molecule has 0 fully saturated rings. The Labute approximate surface area is 122 Å². The van der Waals surface area contributed by atoms with Gasteiger partial charge in [0.15, 0.2) is 6.10 Å². The van der Waals surface area contributed by atoms with Crippen molar-refractivity contribution in [3.63, 3.8) is 0 Å². The predicted octanol–water partition coefficient (Wildman–Crippen LogP) is 2.19. The van der Waals surface area contributed by atoms with E-state index in [1.807, 2.05) is 13.0 Å². The summed E-state index contributed by atoms with van der Waals surface area (Å²) in [6, 6.07) is 5.51. The monoisotopic (exact) mass is 287 g/mol. The van der Waals surface area contributed by atoms with E-state index in [0.29, 0.717) is 24.1 Å². The van der Waals surface area contributed by atoms with Crippen LogP contribution in [-0.4, -0.2) is 22.6 Å². The van der Waals surface area contributed by atoms with E-state index >= 15 is 0 Å². The standard InChI is InChI=1S/C15H17N3O3/c1-9(15-18-17-10(2)21-15)20-12-5-6-13-11(8-12)4-3-7-16-14(13)19/h5-6,8-9H,3-4,7H2,1-2H3,(H,16,19)/t9-/m0/s1. The minimum absolute atomic E-state index is 0.0189. The molecule has 0 radical (unpaired) electrons. The fourth-order valence-electron chi connectivity index (χ4n) is 2.38. The quantitative estimate of drug-likeness (QED) is 0.936. The Morgan fingerprint density at radius 1 is 1.38 bits per heavy atom. The maximum absolute atomic E-state index is 11.9. The Morgan fingerprint density at radius 2 is 2.24 bits per heavy atom. The molecule has 3 rings (SSSR count). The molecule has 1 atom stereocenters. The summed E-state index contributed by atoms with van der Waals surface area (Å²) in [7, 11) is 0. The molecule has 1 aliphatic heterocycles. The summed E-state index contributed by atoms with van der Waals surface area (Å²) in [6.45, 7) is 4.30. The van der Waals surface area contributed by atoms with Crippen LogP contribution in [0.25, 0.3) is 0 Å². The van der Waals surface area contributed by atoms with Crippen LogP contribution in [0.4, 0.5) is 0 Å². The lowest BCUT2D eigenvalue weighted by atomic mass is 10.0. The van der Waals surface area contributed by atoms with E-state index in [2.05, 4.69) is 15.5 Å². The van der Waals surface area contributed by atoms with Gasteiger partial charge in [-0.25, -0.2) is 0 Å². The highest BCUT2D eigenvalue weighted by molar-refractivity contribution is 5.96. The first-order chi connectivity index (χ1) is 10.1. The number of nitrogens with zero attached hydrogens (tertiary/aromatic N) is 2. The number of rotatable bonds is 3. The molecule has 6 nitrogen and oxygen atoms in total. The van der Waals surface area contributed by atoms with Crippen LogP contribution < -0.4 is 10.1 Å². The van der Waals surface area contributed by atoms with Gasteiger partial charge in [0.25, 0.3) is 11.8 Å². The third kappa shape index (κ3) is 2.89. The van der Waals surface area contributed by atoms with Gasteiger partial charge < -0.3 is 14.5 Å². The zero-order valence-corrected chi connectivity index (χ0v) is 12.0. The topological polar surface area (TPSA) is 77.3 Å². The number of aryl methyl sites for hydroxylation is 2. The van der Waals surface area contributed by atoms with Crippen molar-refractivity contribution in [3.05, 3.63) is 41.1 Å². The molecule has 1 amide bonds. The number of carbonyl (C=O) groups is 1. The van der Waals surface area contributed by atoms with Gasteiger partial charge in [0.1, 0.15) is 5.75 Å².